The van der Waals surface area contributed by atoms with Crippen LogP contribution in [-0.4, -0.2) is 32.7 Å². The van der Waals surface area contributed by atoms with E-state index in [1.54, 1.807) is 6.92 Å². The largest absolute Gasteiger partial charge is 0.393 e. The lowest BCUT2D eigenvalue weighted by Crippen LogP contribution is -2.24. The number of aliphatic hydroxyl groups is 1. The highest BCUT2D eigenvalue weighted by atomic mass is 16.3. The van der Waals surface area contributed by atoms with Gasteiger partial charge in [-0.1, -0.05) is 0 Å². The summed E-state index contributed by atoms with van der Waals surface area (Å²) in [5.41, 5.74) is 5.55. The second kappa shape index (κ2) is 5.27. The Morgan fingerprint density at radius 3 is 2.59 bits per heavy atom. The molecule has 0 unspecified atom stereocenters. The quantitative estimate of drug-likeness (QED) is 0.717. The first-order valence-electron chi connectivity index (χ1n) is 6.03. The van der Waals surface area contributed by atoms with Crippen molar-refractivity contribution in [3.05, 3.63) is 5.82 Å². The molecule has 2 rings (SSSR count). The van der Waals surface area contributed by atoms with Crippen LogP contribution in [-0.2, 0) is 0 Å². The van der Waals surface area contributed by atoms with Gasteiger partial charge in [-0.3, -0.25) is 0 Å². The first kappa shape index (κ1) is 12.0. The van der Waals surface area contributed by atoms with E-state index in [0.29, 0.717) is 17.7 Å². The summed E-state index contributed by atoms with van der Waals surface area (Å²) < 4.78 is 0. The number of nitrogens with one attached hydrogen (secondary N) is 1. The zero-order valence-corrected chi connectivity index (χ0v) is 10.1. The fourth-order valence-corrected chi connectivity index (χ4v) is 2.17. The Labute approximate surface area is 101 Å². The Morgan fingerprint density at radius 2 is 1.94 bits per heavy atom. The van der Waals surface area contributed by atoms with E-state index in [4.69, 9.17) is 5.73 Å². The van der Waals surface area contributed by atoms with Crippen molar-refractivity contribution in [2.45, 2.75) is 38.7 Å². The fraction of sp³-hybridized carbons (Fsp3) is 0.727. The maximum atomic E-state index is 9.42. The molecule has 0 saturated heterocycles. The summed E-state index contributed by atoms with van der Waals surface area (Å²) in [6.07, 6.45) is 3.78. The van der Waals surface area contributed by atoms with Crippen LogP contribution in [0.2, 0.25) is 0 Å². The van der Waals surface area contributed by atoms with Gasteiger partial charge in [0, 0.05) is 6.54 Å². The summed E-state index contributed by atoms with van der Waals surface area (Å²) >= 11 is 0. The minimum Gasteiger partial charge on any atom is -0.393 e. The number of hydrogen-bond acceptors (Lipinski definition) is 6. The molecule has 1 aliphatic rings. The third kappa shape index (κ3) is 3.52. The molecule has 0 bridgehead atoms. The van der Waals surface area contributed by atoms with Gasteiger partial charge in [-0.05, 0) is 38.5 Å². The average Bonchev–Trinajstić information content (AvgIpc) is 2.27. The molecule has 0 amide bonds. The summed E-state index contributed by atoms with van der Waals surface area (Å²) in [7, 11) is 0. The molecular weight excluding hydrogens is 218 g/mol. The van der Waals surface area contributed by atoms with Crippen molar-refractivity contribution in [2.75, 3.05) is 17.6 Å². The average molecular weight is 237 g/mol. The van der Waals surface area contributed by atoms with Crippen molar-refractivity contribution in [2.24, 2.45) is 5.92 Å². The summed E-state index contributed by atoms with van der Waals surface area (Å²) in [5.74, 6) is 2.00. The molecule has 1 fully saturated rings. The zero-order chi connectivity index (χ0) is 12.3. The van der Waals surface area contributed by atoms with E-state index in [9.17, 15) is 5.11 Å². The number of aryl methyl sites for hydroxylation is 1. The summed E-state index contributed by atoms with van der Waals surface area (Å²) in [6, 6.07) is 0. The van der Waals surface area contributed by atoms with E-state index < -0.39 is 0 Å². The summed E-state index contributed by atoms with van der Waals surface area (Å²) in [4.78, 5) is 12.1. The van der Waals surface area contributed by atoms with Gasteiger partial charge in [-0.25, -0.2) is 0 Å². The molecule has 0 spiro atoms. The molecule has 1 aliphatic carbocycles. The Bertz CT molecular complexity index is 356. The molecular formula is C11H19N5O. The van der Waals surface area contributed by atoms with Crippen molar-refractivity contribution in [1.82, 2.24) is 15.0 Å². The number of rotatable bonds is 3. The number of nitrogen functional groups attached to an aromatic ring is 1. The maximum absolute atomic E-state index is 9.42. The number of hydrogen-bond donors (Lipinski definition) is 3. The molecule has 1 aromatic rings. The predicted molar refractivity (Wildman–Crippen MR) is 65.4 cm³/mol. The molecule has 1 heterocycles. The number of nitrogens with two attached hydrogens (primary N) is 1. The van der Waals surface area contributed by atoms with E-state index >= 15 is 0 Å². The second-order valence-corrected chi connectivity index (χ2v) is 4.62. The van der Waals surface area contributed by atoms with Gasteiger partial charge in [0.25, 0.3) is 0 Å². The van der Waals surface area contributed by atoms with Crippen LogP contribution in [0.5, 0.6) is 0 Å². The smallest absolute Gasteiger partial charge is 0.227 e. The molecule has 6 nitrogen and oxygen atoms in total. The lowest BCUT2D eigenvalue weighted by Gasteiger charge is -2.25. The van der Waals surface area contributed by atoms with Crippen molar-refractivity contribution in [3.8, 4) is 0 Å². The monoisotopic (exact) mass is 237 g/mol. The highest BCUT2D eigenvalue weighted by molar-refractivity contribution is 5.30. The lowest BCUT2D eigenvalue weighted by atomic mass is 9.87. The van der Waals surface area contributed by atoms with E-state index in [2.05, 4.69) is 20.3 Å². The molecule has 4 N–H and O–H groups in total. The van der Waals surface area contributed by atoms with E-state index in [1.807, 2.05) is 0 Å². The van der Waals surface area contributed by atoms with Gasteiger partial charge in [0.15, 0.2) is 0 Å². The highest BCUT2D eigenvalue weighted by Gasteiger charge is 2.19. The molecule has 1 saturated carbocycles. The van der Waals surface area contributed by atoms with Crippen LogP contribution in [0.25, 0.3) is 0 Å². The molecule has 17 heavy (non-hydrogen) atoms. The van der Waals surface area contributed by atoms with Crippen LogP contribution < -0.4 is 11.1 Å². The normalized spacial score (nSPS) is 24.6. The third-order valence-corrected chi connectivity index (χ3v) is 3.13. The molecule has 6 heteroatoms. The Kier molecular flexibility index (Phi) is 3.73. The van der Waals surface area contributed by atoms with Gasteiger partial charge in [0.05, 0.1) is 6.10 Å². The number of anilines is 2. The summed E-state index contributed by atoms with van der Waals surface area (Å²) in [6.45, 7) is 2.62. The Morgan fingerprint density at radius 1 is 1.24 bits per heavy atom. The summed E-state index contributed by atoms with van der Waals surface area (Å²) in [5, 5.41) is 12.6. The van der Waals surface area contributed by atoms with Crippen LogP contribution in [0, 0.1) is 12.8 Å². The van der Waals surface area contributed by atoms with Gasteiger partial charge in [0.2, 0.25) is 11.9 Å². The molecule has 0 aliphatic heterocycles. The maximum Gasteiger partial charge on any atom is 0.227 e. The van der Waals surface area contributed by atoms with Gasteiger partial charge in [-0.15, -0.1) is 0 Å². The van der Waals surface area contributed by atoms with Crippen LogP contribution >= 0.6 is 0 Å². The van der Waals surface area contributed by atoms with Gasteiger partial charge in [-0.2, -0.15) is 15.0 Å². The lowest BCUT2D eigenvalue weighted by molar-refractivity contribution is 0.111. The molecule has 0 radical (unpaired) electrons. The van der Waals surface area contributed by atoms with Crippen LogP contribution in [0.3, 0.4) is 0 Å². The number of aromatic nitrogens is 3. The minimum absolute atomic E-state index is 0.110. The topological polar surface area (TPSA) is 97.0 Å². The van der Waals surface area contributed by atoms with Crippen LogP contribution in [0.15, 0.2) is 0 Å². The number of nitrogens with zero attached hydrogens (tertiary/aromatic N) is 3. The predicted octanol–water partition coefficient (Wildman–Crippen LogP) is 0.725. The van der Waals surface area contributed by atoms with Gasteiger partial charge in [0.1, 0.15) is 5.82 Å². The standard InChI is InChI=1S/C11H19N5O/c1-7-14-10(12)16-11(15-7)13-6-8-2-4-9(17)5-3-8/h8-9,17H,2-6H2,1H3,(H3,12,13,14,15,16). The third-order valence-electron chi connectivity index (χ3n) is 3.13. The molecule has 94 valence electrons. The van der Waals surface area contributed by atoms with Crippen molar-refractivity contribution in [1.29, 1.82) is 0 Å². The van der Waals surface area contributed by atoms with Crippen LogP contribution in [0.4, 0.5) is 11.9 Å². The van der Waals surface area contributed by atoms with Crippen molar-refractivity contribution < 1.29 is 5.11 Å². The Hall–Kier alpha value is -1.43. The van der Waals surface area contributed by atoms with Crippen molar-refractivity contribution in [3.63, 3.8) is 0 Å². The molecule has 1 aromatic heterocycles. The first-order valence-corrected chi connectivity index (χ1v) is 6.03. The van der Waals surface area contributed by atoms with Gasteiger partial charge < -0.3 is 16.2 Å². The first-order chi connectivity index (χ1) is 8.13. The van der Waals surface area contributed by atoms with E-state index in [1.165, 1.54) is 0 Å². The second-order valence-electron chi connectivity index (χ2n) is 4.62. The Balaban J connectivity index is 1.85. The van der Waals surface area contributed by atoms with Gasteiger partial charge >= 0.3 is 0 Å². The molecule has 0 atom stereocenters. The molecule has 0 aromatic carbocycles. The zero-order valence-electron chi connectivity index (χ0n) is 10.1. The van der Waals surface area contributed by atoms with E-state index in [0.717, 1.165) is 32.2 Å². The minimum atomic E-state index is -0.110. The number of aliphatic hydroxyl groups excluding tert-OH is 1. The van der Waals surface area contributed by atoms with E-state index in [-0.39, 0.29) is 12.1 Å². The fourth-order valence-electron chi connectivity index (χ4n) is 2.17. The van der Waals surface area contributed by atoms with Crippen LogP contribution in [0.1, 0.15) is 31.5 Å². The highest BCUT2D eigenvalue weighted by Crippen LogP contribution is 2.24. The van der Waals surface area contributed by atoms with Crippen molar-refractivity contribution >= 4 is 11.9 Å². The SMILES string of the molecule is Cc1nc(N)nc(NCC2CCC(O)CC2)n1.